The summed E-state index contributed by atoms with van der Waals surface area (Å²) in [7, 11) is -4.86. The van der Waals surface area contributed by atoms with Crippen LogP contribution in [0.4, 0.5) is 0 Å². The lowest BCUT2D eigenvalue weighted by Crippen LogP contribution is -2.56. The van der Waals surface area contributed by atoms with E-state index in [4.69, 9.17) is 13.3 Å². The van der Waals surface area contributed by atoms with E-state index in [1.807, 2.05) is 0 Å². The molecule has 0 saturated heterocycles. The Balaban J connectivity index is 1.56. The maximum absolute atomic E-state index is 7.16. The van der Waals surface area contributed by atoms with Crippen molar-refractivity contribution in [2.45, 2.75) is 163 Å². The number of hydrogen-bond donors (Lipinski definition) is 0. The standard InChI is InChI=1S/C36H68O3Si3/c1-26(16-15-21-34(2,3)39-42(12,13)14)29-17-18-30-33-31(20-23-36(29,30)5)35(4)22-19-28(37-40(6,7)8)24-27(35)25-32(33)38-41(9,10)11/h24-26,29-33H,15-23H2,1-14H3/t26?,29?,30?,31?,32-,33?,35?,36?/m1/s1. The van der Waals surface area contributed by atoms with Crippen molar-refractivity contribution in [3.63, 3.8) is 0 Å². The van der Waals surface area contributed by atoms with Crippen molar-refractivity contribution < 1.29 is 13.3 Å². The van der Waals surface area contributed by atoms with Gasteiger partial charge in [0.25, 0.3) is 0 Å². The van der Waals surface area contributed by atoms with Gasteiger partial charge in [0.15, 0.2) is 16.6 Å². The molecule has 0 aliphatic heterocycles. The highest BCUT2D eigenvalue weighted by molar-refractivity contribution is 6.70. The molecule has 8 atom stereocenters. The molecule has 0 amide bonds. The third kappa shape index (κ3) is 7.79. The number of rotatable bonds is 11. The maximum atomic E-state index is 7.16. The number of hydrogen-bond acceptors (Lipinski definition) is 3. The van der Waals surface area contributed by atoms with Crippen LogP contribution in [0.2, 0.25) is 58.9 Å². The molecule has 4 aliphatic carbocycles. The normalized spacial score (nSPS) is 36.4. The highest BCUT2D eigenvalue weighted by Crippen LogP contribution is 2.67. The molecular weight excluding hydrogens is 565 g/mol. The SMILES string of the molecule is CC(CCCC(C)(C)O[Si](C)(C)C)C1CCC2C3C(CCC12C)C1(C)CCC(O[Si](C)(C)C)=CC1=C[C@H]3O[Si](C)(C)C. The first-order valence-corrected chi connectivity index (χ1v) is 27.8. The van der Waals surface area contributed by atoms with E-state index in [2.05, 4.69) is 106 Å². The summed E-state index contributed by atoms with van der Waals surface area (Å²) in [6, 6.07) is 0. The minimum Gasteiger partial charge on any atom is -0.547 e. The Hall–Kier alpha value is -0.149. The first-order valence-electron chi connectivity index (χ1n) is 17.5. The highest BCUT2D eigenvalue weighted by Gasteiger charge is 2.61. The van der Waals surface area contributed by atoms with E-state index in [-0.39, 0.29) is 17.1 Å². The van der Waals surface area contributed by atoms with Crippen LogP contribution < -0.4 is 0 Å². The van der Waals surface area contributed by atoms with Crippen LogP contribution in [0.5, 0.6) is 0 Å². The minimum absolute atomic E-state index is 0.00176. The summed E-state index contributed by atoms with van der Waals surface area (Å²) in [5.41, 5.74) is 2.22. The van der Waals surface area contributed by atoms with E-state index in [1.54, 1.807) is 0 Å². The van der Waals surface area contributed by atoms with Crippen LogP contribution >= 0.6 is 0 Å². The Bertz CT molecular complexity index is 1030. The Morgan fingerprint density at radius 1 is 0.881 bits per heavy atom. The van der Waals surface area contributed by atoms with Crippen LogP contribution in [-0.4, -0.2) is 36.7 Å². The molecule has 0 aromatic carbocycles. The second-order valence-electron chi connectivity index (χ2n) is 18.9. The molecule has 0 radical (unpaired) electrons. The molecule has 2 saturated carbocycles. The van der Waals surface area contributed by atoms with Crippen LogP contribution in [0.1, 0.15) is 92.4 Å². The average molecular weight is 633 g/mol. The molecule has 0 N–H and O–H groups in total. The molecule has 0 aromatic heterocycles. The van der Waals surface area contributed by atoms with Gasteiger partial charge < -0.3 is 13.3 Å². The molecular formula is C36H68O3Si3. The van der Waals surface area contributed by atoms with Gasteiger partial charge in [-0.3, -0.25) is 0 Å². The molecule has 0 spiro atoms. The van der Waals surface area contributed by atoms with Crippen molar-refractivity contribution in [2.75, 3.05) is 0 Å². The molecule has 0 aromatic rings. The predicted octanol–water partition coefficient (Wildman–Crippen LogP) is 11.2. The molecule has 0 heterocycles. The zero-order valence-electron chi connectivity index (χ0n) is 30.2. The lowest BCUT2D eigenvalue weighted by Gasteiger charge is -2.60. The van der Waals surface area contributed by atoms with Gasteiger partial charge in [-0.15, -0.1) is 0 Å². The van der Waals surface area contributed by atoms with Gasteiger partial charge in [0, 0.05) is 6.42 Å². The van der Waals surface area contributed by atoms with Crippen molar-refractivity contribution >= 4 is 25.0 Å². The number of fused-ring (bicyclic) bond motifs is 5. The van der Waals surface area contributed by atoms with E-state index in [0.717, 1.165) is 30.1 Å². The number of allylic oxidation sites excluding steroid dienone is 3. The van der Waals surface area contributed by atoms with Crippen molar-refractivity contribution in [3.8, 4) is 0 Å². The Morgan fingerprint density at radius 2 is 1.55 bits per heavy atom. The van der Waals surface area contributed by atoms with Crippen LogP contribution in [0.3, 0.4) is 0 Å². The molecule has 242 valence electrons. The van der Waals surface area contributed by atoms with Crippen molar-refractivity contribution in [1.29, 1.82) is 0 Å². The third-order valence-electron chi connectivity index (χ3n) is 11.4. The third-order valence-corrected chi connectivity index (χ3v) is 14.5. The Labute approximate surface area is 264 Å². The van der Waals surface area contributed by atoms with E-state index in [0.29, 0.717) is 11.3 Å². The van der Waals surface area contributed by atoms with Gasteiger partial charge >= 0.3 is 0 Å². The summed E-state index contributed by atoms with van der Waals surface area (Å²) in [5, 5.41) is 0. The highest BCUT2D eigenvalue weighted by atomic mass is 28.4. The van der Waals surface area contributed by atoms with Crippen LogP contribution in [0.15, 0.2) is 23.5 Å². The smallest absolute Gasteiger partial charge is 0.241 e. The molecule has 6 heteroatoms. The van der Waals surface area contributed by atoms with Crippen molar-refractivity contribution in [1.82, 2.24) is 0 Å². The zero-order valence-corrected chi connectivity index (χ0v) is 33.2. The molecule has 7 unspecified atom stereocenters. The van der Waals surface area contributed by atoms with E-state index in [9.17, 15) is 0 Å². The quantitative estimate of drug-likeness (QED) is 0.212. The van der Waals surface area contributed by atoms with Crippen LogP contribution in [0, 0.1) is 40.4 Å². The van der Waals surface area contributed by atoms with E-state index in [1.165, 1.54) is 62.7 Å². The van der Waals surface area contributed by atoms with Crippen LogP contribution in [-0.2, 0) is 13.3 Å². The maximum Gasteiger partial charge on any atom is 0.241 e. The zero-order chi connectivity index (χ0) is 31.5. The topological polar surface area (TPSA) is 27.7 Å². The van der Waals surface area contributed by atoms with Gasteiger partial charge in [-0.05, 0) is 163 Å². The largest absolute Gasteiger partial charge is 0.547 e. The van der Waals surface area contributed by atoms with Crippen LogP contribution in [0.25, 0.3) is 0 Å². The fourth-order valence-corrected chi connectivity index (χ4v) is 13.9. The van der Waals surface area contributed by atoms with Gasteiger partial charge in [0.2, 0.25) is 8.32 Å². The van der Waals surface area contributed by atoms with Crippen molar-refractivity contribution in [3.05, 3.63) is 23.5 Å². The molecule has 2 fully saturated rings. The first-order chi connectivity index (χ1) is 19.0. The minimum atomic E-state index is -1.72. The predicted molar refractivity (Wildman–Crippen MR) is 188 cm³/mol. The fraction of sp³-hybridized carbons (Fsp3) is 0.889. The second kappa shape index (κ2) is 11.9. The lowest BCUT2D eigenvalue weighted by molar-refractivity contribution is -0.0845. The average Bonchev–Trinajstić information content (AvgIpc) is 3.13. The molecule has 4 rings (SSSR count). The molecule has 42 heavy (non-hydrogen) atoms. The first kappa shape index (κ1) is 34.7. The Kier molecular flexibility index (Phi) is 9.83. The summed E-state index contributed by atoms with van der Waals surface area (Å²) in [6.45, 7) is 33.6. The Morgan fingerprint density at radius 3 is 2.14 bits per heavy atom. The molecule has 0 bridgehead atoms. The summed E-state index contributed by atoms with van der Waals surface area (Å²) < 4.78 is 20.3. The molecule has 3 nitrogen and oxygen atoms in total. The summed E-state index contributed by atoms with van der Waals surface area (Å²) >= 11 is 0. The molecule has 4 aliphatic rings. The summed E-state index contributed by atoms with van der Waals surface area (Å²) in [4.78, 5) is 0. The summed E-state index contributed by atoms with van der Waals surface area (Å²) in [6.07, 6.45) is 17.0. The van der Waals surface area contributed by atoms with E-state index >= 15 is 0 Å². The fourth-order valence-electron chi connectivity index (χ4n) is 10.2. The lowest BCUT2D eigenvalue weighted by atomic mass is 9.47. The van der Waals surface area contributed by atoms with Gasteiger partial charge in [0.1, 0.15) is 0 Å². The summed E-state index contributed by atoms with van der Waals surface area (Å²) in [5.74, 6) is 4.98. The van der Waals surface area contributed by atoms with E-state index < -0.39 is 25.0 Å². The van der Waals surface area contributed by atoms with Gasteiger partial charge in [-0.1, -0.05) is 39.7 Å². The van der Waals surface area contributed by atoms with Gasteiger partial charge in [0.05, 0.1) is 17.5 Å². The van der Waals surface area contributed by atoms with Gasteiger partial charge in [-0.2, -0.15) is 0 Å². The second-order valence-corrected chi connectivity index (χ2v) is 32.2. The monoisotopic (exact) mass is 632 g/mol. The van der Waals surface area contributed by atoms with Crippen molar-refractivity contribution in [2.24, 2.45) is 40.4 Å². The van der Waals surface area contributed by atoms with Gasteiger partial charge in [-0.25, -0.2) is 0 Å².